The predicted octanol–water partition coefficient (Wildman–Crippen LogP) is 2.53. The third-order valence-corrected chi connectivity index (χ3v) is 2.31. The topological polar surface area (TPSA) is 20.2 Å². The van der Waals surface area contributed by atoms with Gasteiger partial charge in [-0.2, -0.15) is 0 Å². The molecule has 0 aliphatic rings. The molecule has 0 fully saturated rings. The summed E-state index contributed by atoms with van der Waals surface area (Å²) in [5.41, 5.74) is 0.0999. The van der Waals surface area contributed by atoms with Gasteiger partial charge in [0.2, 0.25) is 0 Å². The zero-order valence-corrected chi connectivity index (χ0v) is 8.83. The molecule has 0 aliphatic carbocycles. The molecule has 0 heterocycles. The van der Waals surface area contributed by atoms with Crippen molar-refractivity contribution in [3.63, 3.8) is 0 Å². The van der Waals surface area contributed by atoms with Gasteiger partial charge in [0, 0.05) is 12.8 Å². The van der Waals surface area contributed by atoms with Gasteiger partial charge in [-0.05, 0) is 31.0 Å². The van der Waals surface area contributed by atoms with Gasteiger partial charge in [-0.1, -0.05) is 12.1 Å². The second kappa shape index (κ2) is 4.95. The van der Waals surface area contributed by atoms with Gasteiger partial charge < -0.3 is 5.11 Å². The SMILES string of the molecule is C#CCCC(C)(O)Cc1ccc(F)cc1. The summed E-state index contributed by atoms with van der Waals surface area (Å²) in [5, 5.41) is 9.98. The van der Waals surface area contributed by atoms with E-state index in [2.05, 4.69) is 5.92 Å². The highest BCUT2D eigenvalue weighted by Crippen LogP contribution is 2.18. The van der Waals surface area contributed by atoms with E-state index >= 15 is 0 Å². The summed E-state index contributed by atoms with van der Waals surface area (Å²) >= 11 is 0. The molecule has 1 unspecified atom stereocenters. The van der Waals surface area contributed by atoms with E-state index in [1.54, 1.807) is 19.1 Å². The van der Waals surface area contributed by atoms with E-state index in [1.807, 2.05) is 0 Å². The highest BCUT2D eigenvalue weighted by Gasteiger charge is 2.19. The van der Waals surface area contributed by atoms with E-state index in [4.69, 9.17) is 6.42 Å². The van der Waals surface area contributed by atoms with Crippen molar-refractivity contribution in [1.29, 1.82) is 0 Å². The maximum atomic E-state index is 12.6. The van der Waals surface area contributed by atoms with Gasteiger partial charge >= 0.3 is 0 Å². The molecule has 0 bridgehead atoms. The Morgan fingerprint density at radius 1 is 1.40 bits per heavy atom. The van der Waals surface area contributed by atoms with Gasteiger partial charge in [0.05, 0.1) is 5.60 Å². The first-order valence-corrected chi connectivity index (χ1v) is 4.94. The third-order valence-electron chi connectivity index (χ3n) is 2.31. The summed E-state index contributed by atoms with van der Waals surface area (Å²) in [4.78, 5) is 0. The van der Waals surface area contributed by atoms with Crippen LogP contribution in [0.25, 0.3) is 0 Å². The van der Waals surface area contributed by atoms with Crippen LogP contribution in [0.2, 0.25) is 0 Å². The van der Waals surface area contributed by atoms with Gasteiger partial charge in [0.25, 0.3) is 0 Å². The molecule has 1 aromatic carbocycles. The van der Waals surface area contributed by atoms with Gasteiger partial charge in [0.15, 0.2) is 0 Å². The van der Waals surface area contributed by atoms with Crippen molar-refractivity contribution in [2.75, 3.05) is 0 Å². The van der Waals surface area contributed by atoms with Crippen molar-refractivity contribution >= 4 is 0 Å². The minimum Gasteiger partial charge on any atom is -0.390 e. The van der Waals surface area contributed by atoms with Gasteiger partial charge in [-0.3, -0.25) is 0 Å². The molecule has 80 valence electrons. The minimum atomic E-state index is -0.815. The van der Waals surface area contributed by atoms with Gasteiger partial charge in [-0.15, -0.1) is 12.3 Å². The highest BCUT2D eigenvalue weighted by atomic mass is 19.1. The maximum Gasteiger partial charge on any atom is 0.123 e. The molecule has 0 aromatic heterocycles. The fourth-order valence-corrected chi connectivity index (χ4v) is 1.47. The number of terminal acetylenes is 1. The third kappa shape index (κ3) is 4.14. The lowest BCUT2D eigenvalue weighted by Crippen LogP contribution is -2.26. The lowest BCUT2D eigenvalue weighted by Gasteiger charge is -2.22. The van der Waals surface area contributed by atoms with E-state index in [-0.39, 0.29) is 5.82 Å². The molecule has 0 saturated carbocycles. The smallest absolute Gasteiger partial charge is 0.123 e. The Morgan fingerprint density at radius 3 is 2.53 bits per heavy atom. The Balaban J connectivity index is 2.61. The number of hydrogen-bond acceptors (Lipinski definition) is 1. The lowest BCUT2D eigenvalue weighted by molar-refractivity contribution is 0.0528. The van der Waals surface area contributed by atoms with Crippen molar-refractivity contribution in [3.8, 4) is 12.3 Å². The van der Waals surface area contributed by atoms with Gasteiger partial charge in [-0.25, -0.2) is 4.39 Å². The normalized spacial score (nSPS) is 14.3. The molecule has 1 aromatic rings. The zero-order valence-electron chi connectivity index (χ0n) is 8.83. The average molecular weight is 206 g/mol. The van der Waals surface area contributed by atoms with Crippen molar-refractivity contribution in [2.45, 2.75) is 31.8 Å². The number of hydrogen-bond donors (Lipinski definition) is 1. The van der Waals surface area contributed by atoms with Crippen LogP contribution in [0.4, 0.5) is 4.39 Å². The van der Waals surface area contributed by atoms with Crippen LogP contribution in [0.15, 0.2) is 24.3 Å². The minimum absolute atomic E-state index is 0.262. The Bertz CT molecular complexity index is 346. The molecule has 2 heteroatoms. The average Bonchev–Trinajstić information content (AvgIpc) is 2.18. The van der Waals surface area contributed by atoms with Crippen molar-refractivity contribution < 1.29 is 9.50 Å². The Labute approximate surface area is 89.9 Å². The van der Waals surface area contributed by atoms with E-state index in [1.165, 1.54) is 12.1 Å². The maximum absolute atomic E-state index is 12.6. The largest absolute Gasteiger partial charge is 0.390 e. The molecule has 15 heavy (non-hydrogen) atoms. The van der Waals surface area contributed by atoms with Crippen LogP contribution in [-0.4, -0.2) is 10.7 Å². The van der Waals surface area contributed by atoms with Crippen LogP contribution in [0, 0.1) is 18.2 Å². The van der Waals surface area contributed by atoms with Crippen molar-refractivity contribution in [3.05, 3.63) is 35.6 Å². The Kier molecular flexibility index (Phi) is 3.88. The van der Waals surface area contributed by atoms with Crippen LogP contribution in [-0.2, 0) is 6.42 Å². The first-order valence-electron chi connectivity index (χ1n) is 4.94. The zero-order chi connectivity index (χ0) is 11.3. The van der Waals surface area contributed by atoms with E-state index < -0.39 is 5.60 Å². The molecular weight excluding hydrogens is 191 g/mol. The summed E-state index contributed by atoms with van der Waals surface area (Å²) in [6, 6.07) is 6.15. The molecule has 0 saturated heterocycles. The van der Waals surface area contributed by atoms with Crippen LogP contribution in [0.1, 0.15) is 25.3 Å². The molecular formula is C13H15FO. The summed E-state index contributed by atoms with van der Waals surface area (Å²) in [7, 11) is 0. The summed E-state index contributed by atoms with van der Waals surface area (Å²) in [5.74, 6) is 2.24. The number of halogens is 1. The number of benzene rings is 1. The second-order valence-corrected chi connectivity index (χ2v) is 4.00. The van der Waals surface area contributed by atoms with Crippen LogP contribution in [0.3, 0.4) is 0 Å². The number of aliphatic hydroxyl groups is 1. The van der Waals surface area contributed by atoms with E-state index in [0.717, 1.165) is 5.56 Å². The van der Waals surface area contributed by atoms with Crippen LogP contribution in [0.5, 0.6) is 0 Å². The first-order chi connectivity index (χ1) is 7.03. The fraction of sp³-hybridized carbons (Fsp3) is 0.385. The lowest BCUT2D eigenvalue weighted by atomic mass is 9.92. The van der Waals surface area contributed by atoms with Gasteiger partial charge in [0.1, 0.15) is 5.82 Å². The predicted molar refractivity (Wildman–Crippen MR) is 58.8 cm³/mol. The molecule has 1 atom stereocenters. The highest BCUT2D eigenvalue weighted by molar-refractivity contribution is 5.18. The summed E-state index contributed by atoms with van der Waals surface area (Å²) in [6.07, 6.45) is 6.74. The van der Waals surface area contributed by atoms with Crippen LogP contribution < -0.4 is 0 Å². The quantitative estimate of drug-likeness (QED) is 0.750. The fourth-order valence-electron chi connectivity index (χ4n) is 1.47. The Hall–Kier alpha value is -1.33. The summed E-state index contributed by atoms with van der Waals surface area (Å²) in [6.45, 7) is 1.74. The first kappa shape index (κ1) is 11.7. The second-order valence-electron chi connectivity index (χ2n) is 4.00. The summed E-state index contributed by atoms with van der Waals surface area (Å²) < 4.78 is 12.6. The standard InChI is InChI=1S/C13H15FO/c1-3-4-9-13(2,15)10-11-5-7-12(14)8-6-11/h1,5-8,15H,4,9-10H2,2H3. The molecule has 1 N–H and O–H groups in total. The Morgan fingerprint density at radius 2 is 2.00 bits per heavy atom. The number of rotatable bonds is 4. The monoisotopic (exact) mass is 206 g/mol. The van der Waals surface area contributed by atoms with E-state index in [0.29, 0.717) is 19.3 Å². The van der Waals surface area contributed by atoms with E-state index in [9.17, 15) is 9.50 Å². The van der Waals surface area contributed by atoms with Crippen LogP contribution >= 0.6 is 0 Å². The molecule has 1 nitrogen and oxygen atoms in total. The van der Waals surface area contributed by atoms with Crippen molar-refractivity contribution in [1.82, 2.24) is 0 Å². The molecule has 1 rings (SSSR count). The molecule has 0 spiro atoms. The van der Waals surface area contributed by atoms with Crippen molar-refractivity contribution in [2.24, 2.45) is 0 Å². The molecule has 0 amide bonds. The molecule has 0 aliphatic heterocycles. The molecule has 0 radical (unpaired) electrons.